The Kier molecular flexibility index (Phi) is 6.08. The van der Waals surface area contributed by atoms with Gasteiger partial charge in [-0.1, -0.05) is 6.92 Å². The van der Waals surface area contributed by atoms with Gasteiger partial charge in [0.05, 0.1) is 11.3 Å². The van der Waals surface area contributed by atoms with Crippen LogP contribution in [0.1, 0.15) is 34.1 Å². The van der Waals surface area contributed by atoms with Gasteiger partial charge in [-0.05, 0) is 18.6 Å². The Balaban J connectivity index is 3.29. The SMILES string of the molecule is CCCN(C)C(=O)c1cc(NCS(C)(=O)=O)c(F)c(C(=O)O)c1. The lowest BCUT2D eigenvalue weighted by Crippen LogP contribution is -2.28. The van der Waals surface area contributed by atoms with Crippen LogP contribution in [-0.2, 0) is 9.84 Å². The summed E-state index contributed by atoms with van der Waals surface area (Å²) in [7, 11) is -1.91. The molecule has 2 N–H and O–H groups in total. The maximum absolute atomic E-state index is 14.1. The molecule has 23 heavy (non-hydrogen) atoms. The minimum Gasteiger partial charge on any atom is -0.478 e. The Morgan fingerprint density at radius 1 is 1.35 bits per heavy atom. The minimum atomic E-state index is -3.45. The number of carbonyl (C=O) groups excluding carboxylic acids is 1. The number of carbonyl (C=O) groups is 2. The number of carboxylic acids is 1. The zero-order chi connectivity index (χ0) is 17.8. The van der Waals surface area contributed by atoms with Gasteiger partial charge in [0.1, 0.15) is 5.88 Å². The van der Waals surface area contributed by atoms with Crippen LogP contribution in [0.4, 0.5) is 10.1 Å². The first-order valence-electron chi connectivity index (χ1n) is 6.80. The predicted octanol–water partition coefficient (Wildman–Crippen LogP) is 1.42. The lowest BCUT2D eigenvalue weighted by Gasteiger charge is -2.18. The summed E-state index contributed by atoms with van der Waals surface area (Å²) in [4.78, 5) is 24.7. The molecular weight excluding hydrogens is 327 g/mol. The molecule has 0 heterocycles. The second-order valence-electron chi connectivity index (χ2n) is 5.16. The largest absolute Gasteiger partial charge is 0.478 e. The fraction of sp³-hybridized carbons (Fsp3) is 0.429. The van der Waals surface area contributed by atoms with E-state index in [0.29, 0.717) is 13.0 Å². The third-order valence-corrected chi connectivity index (χ3v) is 3.65. The lowest BCUT2D eigenvalue weighted by atomic mass is 10.1. The summed E-state index contributed by atoms with van der Waals surface area (Å²) in [6, 6.07) is 2.05. The highest BCUT2D eigenvalue weighted by Crippen LogP contribution is 2.22. The second-order valence-corrected chi connectivity index (χ2v) is 7.30. The number of rotatable bonds is 7. The van der Waals surface area contributed by atoms with Gasteiger partial charge in [0.2, 0.25) is 0 Å². The normalized spacial score (nSPS) is 11.1. The first kappa shape index (κ1) is 18.9. The molecule has 1 aromatic carbocycles. The summed E-state index contributed by atoms with van der Waals surface area (Å²) in [6.45, 7) is 2.32. The van der Waals surface area contributed by atoms with Crippen LogP contribution in [-0.4, -0.2) is 56.0 Å². The number of nitrogens with one attached hydrogen (secondary N) is 1. The number of hydrogen-bond acceptors (Lipinski definition) is 5. The van der Waals surface area contributed by atoms with Crippen molar-refractivity contribution in [3.63, 3.8) is 0 Å². The summed E-state index contributed by atoms with van der Waals surface area (Å²) >= 11 is 0. The first-order chi connectivity index (χ1) is 10.6. The van der Waals surface area contributed by atoms with Crippen LogP contribution in [0, 0.1) is 5.82 Å². The highest BCUT2D eigenvalue weighted by molar-refractivity contribution is 7.90. The van der Waals surface area contributed by atoms with E-state index in [9.17, 15) is 22.4 Å². The fourth-order valence-electron chi connectivity index (χ4n) is 1.90. The van der Waals surface area contributed by atoms with Gasteiger partial charge in [-0.2, -0.15) is 0 Å². The zero-order valence-corrected chi connectivity index (χ0v) is 13.9. The molecule has 0 unspecified atom stereocenters. The van der Waals surface area contributed by atoms with Crippen molar-refractivity contribution in [2.45, 2.75) is 13.3 Å². The molecule has 0 fully saturated rings. The van der Waals surface area contributed by atoms with Gasteiger partial charge in [0.25, 0.3) is 5.91 Å². The highest BCUT2D eigenvalue weighted by Gasteiger charge is 2.21. The smallest absolute Gasteiger partial charge is 0.338 e. The molecule has 9 heteroatoms. The molecule has 0 bridgehead atoms. The van der Waals surface area contributed by atoms with E-state index >= 15 is 0 Å². The topological polar surface area (TPSA) is 104 Å². The maximum Gasteiger partial charge on any atom is 0.338 e. The molecule has 1 amide bonds. The number of hydrogen-bond donors (Lipinski definition) is 2. The quantitative estimate of drug-likeness (QED) is 0.774. The van der Waals surface area contributed by atoms with Crippen molar-refractivity contribution >= 4 is 27.4 Å². The summed E-state index contributed by atoms with van der Waals surface area (Å²) in [5, 5.41) is 11.4. The average Bonchev–Trinajstić information content (AvgIpc) is 2.44. The van der Waals surface area contributed by atoms with E-state index in [0.717, 1.165) is 18.4 Å². The van der Waals surface area contributed by atoms with Gasteiger partial charge >= 0.3 is 5.97 Å². The molecule has 1 aromatic rings. The molecule has 0 aliphatic heterocycles. The summed E-state index contributed by atoms with van der Waals surface area (Å²) in [5.41, 5.74) is -1.07. The number of aromatic carboxylic acids is 1. The number of amides is 1. The molecular formula is C14H19FN2O5S. The van der Waals surface area contributed by atoms with Crippen molar-refractivity contribution in [1.29, 1.82) is 0 Å². The van der Waals surface area contributed by atoms with Crippen LogP contribution >= 0.6 is 0 Å². The summed E-state index contributed by atoms with van der Waals surface area (Å²) in [6.07, 6.45) is 1.65. The van der Waals surface area contributed by atoms with E-state index in [4.69, 9.17) is 5.11 Å². The van der Waals surface area contributed by atoms with Gasteiger partial charge in [-0.15, -0.1) is 0 Å². The third kappa shape index (κ3) is 5.20. The average molecular weight is 346 g/mol. The standard InChI is InChI=1S/C14H19FN2O5S/c1-4-5-17(2)13(18)9-6-10(14(19)20)12(15)11(7-9)16-8-23(3,21)22/h6-7,16H,4-5,8H2,1-3H3,(H,19,20). The molecule has 0 saturated carbocycles. The Morgan fingerprint density at radius 2 is 1.96 bits per heavy atom. The maximum atomic E-state index is 14.1. The van der Waals surface area contributed by atoms with Gasteiger partial charge < -0.3 is 15.3 Å². The molecule has 128 valence electrons. The van der Waals surface area contributed by atoms with E-state index in [1.165, 1.54) is 4.90 Å². The Morgan fingerprint density at radius 3 is 2.43 bits per heavy atom. The fourth-order valence-corrected chi connectivity index (χ4v) is 2.32. The van der Waals surface area contributed by atoms with E-state index in [-0.39, 0.29) is 11.3 Å². The van der Waals surface area contributed by atoms with E-state index in [1.54, 1.807) is 7.05 Å². The Hall–Kier alpha value is -2.16. The first-order valence-corrected chi connectivity index (χ1v) is 8.86. The summed E-state index contributed by atoms with van der Waals surface area (Å²) < 4.78 is 36.5. The second kappa shape index (κ2) is 7.40. The molecule has 0 atom stereocenters. The van der Waals surface area contributed by atoms with Crippen LogP contribution in [0.3, 0.4) is 0 Å². The van der Waals surface area contributed by atoms with Crippen LogP contribution in [0.15, 0.2) is 12.1 Å². The van der Waals surface area contributed by atoms with Crippen LogP contribution < -0.4 is 5.32 Å². The van der Waals surface area contributed by atoms with Gasteiger partial charge in [0.15, 0.2) is 15.7 Å². The molecule has 1 rings (SSSR count). The minimum absolute atomic E-state index is 0.0317. The number of sulfone groups is 1. The molecule has 0 aliphatic rings. The van der Waals surface area contributed by atoms with Gasteiger partial charge in [-0.3, -0.25) is 4.79 Å². The zero-order valence-electron chi connectivity index (χ0n) is 13.1. The van der Waals surface area contributed by atoms with Crippen molar-refractivity contribution in [2.75, 3.05) is 31.0 Å². The van der Waals surface area contributed by atoms with Crippen molar-refractivity contribution in [2.24, 2.45) is 0 Å². The van der Waals surface area contributed by atoms with Crippen LogP contribution in [0.25, 0.3) is 0 Å². The monoisotopic (exact) mass is 346 g/mol. The number of benzene rings is 1. The van der Waals surface area contributed by atoms with Gasteiger partial charge in [0, 0.05) is 25.4 Å². The molecule has 0 aliphatic carbocycles. The highest BCUT2D eigenvalue weighted by atomic mass is 32.2. The van der Waals surface area contributed by atoms with Crippen molar-refractivity contribution in [3.05, 3.63) is 29.1 Å². The summed E-state index contributed by atoms with van der Waals surface area (Å²) in [5.74, 6) is -3.71. The molecule has 0 spiro atoms. The van der Waals surface area contributed by atoms with E-state index in [1.807, 2.05) is 6.92 Å². The van der Waals surface area contributed by atoms with Crippen molar-refractivity contribution in [3.8, 4) is 0 Å². The molecule has 0 aromatic heterocycles. The van der Waals surface area contributed by atoms with Crippen molar-refractivity contribution < 1.29 is 27.5 Å². The predicted molar refractivity (Wildman–Crippen MR) is 83.9 cm³/mol. The molecule has 7 nitrogen and oxygen atoms in total. The number of nitrogens with zero attached hydrogens (tertiary/aromatic N) is 1. The van der Waals surface area contributed by atoms with Crippen molar-refractivity contribution in [1.82, 2.24) is 4.90 Å². The number of anilines is 1. The lowest BCUT2D eigenvalue weighted by molar-refractivity contribution is 0.0692. The Labute approximate surface area is 134 Å². The van der Waals surface area contributed by atoms with E-state index < -0.39 is 39.0 Å². The third-order valence-electron chi connectivity index (χ3n) is 2.98. The molecule has 0 saturated heterocycles. The number of carboxylic acid groups (broad SMARTS) is 1. The molecule has 0 radical (unpaired) electrons. The van der Waals surface area contributed by atoms with Gasteiger partial charge in [-0.25, -0.2) is 17.6 Å². The Bertz CT molecular complexity index is 718. The number of halogens is 1. The van der Waals surface area contributed by atoms with Crippen LogP contribution in [0.5, 0.6) is 0 Å². The van der Waals surface area contributed by atoms with Crippen LogP contribution in [0.2, 0.25) is 0 Å². The van der Waals surface area contributed by atoms with E-state index in [2.05, 4.69) is 5.32 Å².